The topological polar surface area (TPSA) is 76.7 Å². The maximum atomic E-state index is 13.8. The van der Waals surface area contributed by atoms with Crippen LogP contribution in [-0.4, -0.2) is 26.0 Å². The summed E-state index contributed by atoms with van der Waals surface area (Å²) in [6.07, 6.45) is 0. The summed E-state index contributed by atoms with van der Waals surface area (Å²) < 4.78 is 37.2. The van der Waals surface area contributed by atoms with E-state index in [0.29, 0.717) is 0 Å². The van der Waals surface area contributed by atoms with Crippen LogP contribution in [0, 0.1) is 11.6 Å². The number of benzene rings is 3. The Labute approximate surface area is 184 Å². The van der Waals surface area contributed by atoms with Crippen molar-refractivity contribution in [2.45, 2.75) is 13.1 Å². The summed E-state index contributed by atoms with van der Waals surface area (Å²) in [5.41, 5.74) is 2.05. The smallest absolute Gasteiger partial charge is 0.251 e. The van der Waals surface area contributed by atoms with Crippen molar-refractivity contribution >= 4 is 11.8 Å². The number of nitrogens with one attached hydrogen (secondary N) is 2. The average Bonchev–Trinajstić information content (AvgIpc) is 2.81. The minimum absolute atomic E-state index is 0.0707. The number of carbonyl (C=O) groups excluding carboxylic acids is 2. The zero-order valence-corrected chi connectivity index (χ0v) is 17.6. The van der Waals surface area contributed by atoms with E-state index in [1.54, 1.807) is 0 Å². The fourth-order valence-electron chi connectivity index (χ4n) is 2.96. The van der Waals surface area contributed by atoms with E-state index in [1.165, 1.54) is 38.5 Å². The second-order valence-corrected chi connectivity index (χ2v) is 6.88. The SMILES string of the molecule is COc1ccc(C(=O)NCc2ccc(CNC(=O)c3ccc(OC)c(F)c3)cc2)cc1F. The van der Waals surface area contributed by atoms with Gasteiger partial charge in [-0.05, 0) is 47.5 Å². The van der Waals surface area contributed by atoms with E-state index in [1.807, 2.05) is 24.3 Å². The Morgan fingerprint density at radius 2 is 1.06 bits per heavy atom. The summed E-state index contributed by atoms with van der Waals surface area (Å²) in [4.78, 5) is 24.4. The van der Waals surface area contributed by atoms with Crippen molar-refractivity contribution < 1.29 is 27.8 Å². The van der Waals surface area contributed by atoms with E-state index >= 15 is 0 Å². The first-order valence-electron chi connectivity index (χ1n) is 9.72. The largest absolute Gasteiger partial charge is 0.494 e. The predicted molar refractivity (Wildman–Crippen MR) is 115 cm³/mol. The van der Waals surface area contributed by atoms with Crippen LogP contribution in [0.4, 0.5) is 8.78 Å². The molecule has 3 aromatic rings. The summed E-state index contributed by atoms with van der Waals surface area (Å²) in [7, 11) is 2.71. The predicted octanol–water partition coefficient (Wildman–Crippen LogP) is 3.84. The highest BCUT2D eigenvalue weighted by Crippen LogP contribution is 2.18. The number of hydrogen-bond donors (Lipinski definition) is 2. The molecule has 2 amide bonds. The van der Waals surface area contributed by atoms with Gasteiger partial charge in [0.05, 0.1) is 14.2 Å². The van der Waals surface area contributed by atoms with E-state index in [2.05, 4.69) is 10.6 Å². The Morgan fingerprint density at radius 1 is 0.688 bits per heavy atom. The number of carbonyl (C=O) groups is 2. The first-order valence-corrected chi connectivity index (χ1v) is 9.72. The zero-order chi connectivity index (χ0) is 23.1. The molecular weight excluding hydrogens is 418 g/mol. The second kappa shape index (κ2) is 10.4. The van der Waals surface area contributed by atoms with Gasteiger partial charge in [-0.1, -0.05) is 24.3 Å². The van der Waals surface area contributed by atoms with Crippen LogP contribution in [0.15, 0.2) is 60.7 Å². The van der Waals surface area contributed by atoms with Gasteiger partial charge in [-0.25, -0.2) is 8.78 Å². The van der Waals surface area contributed by atoms with E-state index < -0.39 is 23.4 Å². The Balaban J connectivity index is 1.51. The molecule has 3 aromatic carbocycles. The summed E-state index contributed by atoms with van der Waals surface area (Å²) in [6.45, 7) is 0.508. The molecule has 0 radical (unpaired) electrons. The van der Waals surface area contributed by atoms with Gasteiger partial charge in [0, 0.05) is 24.2 Å². The summed E-state index contributed by atoms with van der Waals surface area (Å²) in [5.74, 6) is -1.89. The molecule has 0 aliphatic rings. The highest BCUT2D eigenvalue weighted by molar-refractivity contribution is 5.94. The molecule has 8 heteroatoms. The standard InChI is InChI=1S/C24H22F2N2O4/c1-31-21-9-7-17(11-19(21)25)23(29)27-13-15-3-5-16(6-4-15)14-28-24(30)18-8-10-22(32-2)20(26)12-18/h3-12H,13-14H2,1-2H3,(H,27,29)(H,28,30). The minimum Gasteiger partial charge on any atom is -0.494 e. The Bertz CT molecular complexity index is 1030. The van der Waals surface area contributed by atoms with Gasteiger partial charge in [0.2, 0.25) is 0 Å². The fourth-order valence-corrected chi connectivity index (χ4v) is 2.96. The van der Waals surface area contributed by atoms with Gasteiger partial charge < -0.3 is 20.1 Å². The van der Waals surface area contributed by atoms with Gasteiger partial charge >= 0.3 is 0 Å². The van der Waals surface area contributed by atoms with Crippen molar-refractivity contribution in [2.24, 2.45) is 0 Å². The van der Waals surface area contributed by atoms with E-state index in [4.69, 9.17) is 9.47 Å². The molecule has 166 valence electrons. The van der Waals surface area contributed by atoms with Crippen LogP contribution in [0.1, 0.15) is 31.8 Å². The molecule has 0 bridgehead atoms. The lowest BCUT2D eigenvalue weighted by Crippen LogP contribution is -2.23. The maximum Gasteiger partial charge on any atom is 0.251 e. The van der Waals surface area contributed by atoms with Crippen molar-refractivity contribution in [2.75, 3.05) is 14.2 Å². The van der Waals surface area contributed by atoms with Gasteiger partial charge in [0.1, 0.15) is 0 Å². The summed E-state index contributed by atoms with van der Waals surface area (Å²) in [6, 6.07) is 15.2. The first kappa shape index (κ1) is 22.7. The lowest BCUT2D eigenvalue weighted by molar-refractivity contribution is 0.0942. The maximum absolute atomic E-state index is 13.8. The highest BCUT2D eigenvalue weighted by Gasteiger charge is 2.11. The summed E-state index contributed by atoms with van der Waals surface area (Å²) in [5, 5.41) is 5.45. The molecule has 0 fully saturated rings. The normalized spacial score (nSPS) is 10.4. The van der Waals surface area contributed by atoms with Crippen LogP contribution >= 0.6 is 0 Å². The van der Waals surface area contributed by atoms with Crippen molar-refractivity contribution in [3.8, 4) is 11.5 Å². The lowest BCUT2D eigenvalue weighted by atomic mass is 10.1. The number of hydrogen-bond acceptors (Lipinski definition) is 4. The molecule has 0 aliphatic carbocycles. The molecule has 3 rings (SSSR count). The van der Waals surface area contributed by atoms with Crippen molar-refractivity contribution in [3.63, 3.8) is 0 Å². The number of rotatable bonds is 8. The molecule has 0 atom stereocenters. The third kappa shape index (κ3) is 5.60. The highest BCUT2D eigenvalue weighted by atomic mass is 19.1. The van der Waals surface area contributed by atoms with Crippen molar-refractivity contribution in [1.82, 2.24) is 10.6 Å². The fraction of sp³-hybridized carbons (Fsp3) is 0.167. The van der Waals surface area contributed by atoms with E-state index in [9.17, 15) is 18.4 Å². The lowest BCUT2D eigenvalue weighted by Gasteiger charge is -2.09. The van der Waals surface area contributed by atoms with Crippen LogP contribution in [0.2, 0.25) is 0 Å². The number of halogens is 2. The molecule has 0 aliphatic heterocycles. The van der Waals surface area contributed by atoms with Gasteiger partial charge in [-0.3, -0.25) is 9.59 Å². The Morgan fingerprint density at radius 3 is 1.38 bits per heavy atom. The van der Waals surface area contributed by atoms with Crippen LogP contribution in [0.5, 0.6) is 11.5 Å². The molecule has 0 saturated heterocycles. The van der Waals surface area contributed by atoms with Crippen LogP contribution in [0.3, 0.4) is 0 Å². The van der Waals surface area contributed by atoms with Crippen LogP contribution in [0.25, 0.3) is 0 Å². The molecule has 32 heavy (non-hydrogen) atoms. The van der Waals surface area contributed by atoms with Crippen molar-refractivity contribution in [1.29, 1.82) is 0 Å². The molecule has 0 aromatic heterocycles. The Kier molecular flexibility index (Phi) is 7.38. The number of amides is 2. The Hall–Kier alpha value is -3.94. The quantitative estimate of drug-likeness (QED) is 0.558. The number of methoxy groups -OCH3 is 2. The van der Waals surface area contributed by atoms with Gasteiger partial charge in [-0.2, -0.15) is 0 Å². The second-order valence-electron chi connectivity index (χ2n) is 6.88. The van der Waals surface area contributed by atoms with Crippen molar-refractivity contribution in [3.05, 3.63) is 94.6 Å². The van der Waals surface area contributed by atoms with Crippen LogP contribution in [-0.2, 0) is 13.1 Å². The molecule has 0 spiro atoms. The number of ether oxygens (including phenoxy) is 2. The molecule has 0 unspecified atom stereocenters. The third-order valence-electron chi connectivity index (χ3n) is 4.76. The van der Waals surface area contributed by atoms with E-state index in [0.717, 1.165) is 23.3 Å². The third-order valence-corrected chi connectivity index (χ3v) is 4.76. The summed E-state index contributed by atoms with van der Waals surface area (Å²) >= 11 is 0. The molecule has 0 heterocycles. The van der Waals surface area contributed by atoms with Crippen LogP contribution < -0.4 is 20.1 Å². The van der Waals surface area contributed by atoms with Gasteiger partial charge in [0.25, 0.3) is 11.8 Å². The molecule has 6 nitrogen and oxygen atoms in total. The van der Waals surface area contributed by atoms with E-state index in [-0.39, 0.29) is 35.7 Å². The molecule has 0 saturated carbocycles. The molecule has 2 N–H and O–H groups in total. The van der Waals surface area contributed by atoms with Gasteiger partial charge in [0.15, 0.2) is 23.1 Å². The van der Waals surface area contributed by atoms with Gasteiger partial charge in [-0.15, -0.1) is 0 Å². The molecular formula is C24H22F2N2O4. The first-order chi connectivity index (χ1) is 15.4. The average molecular weight is 440 g/mol. The minimum atomic E-state index is -0.607. The monoisotopic (exact) mass is 440 g/mol. The zero-order valence-electron chi connectivity index (χ0n) is 17.6.